The van der Waals surface area contributed by atoms with Crippen molar-refractivity contribution in [2.75, 3.05) is 30.4 Å². The van der Waals surface area contributed by atoms with Gasteiger partial charge < -0.3 is 19.8 Å². The number of imidazole rings is 1. The predicted molar refractivity (Wildman–Crippen MR) is 65.0 cm³/mol. The molecule has 2 N–H and O–H groups in total. The lowest BCUT2D eigenvalue weighted by Crippen LogP contribution is -2.44. The second-order valence-electron chi connectivity index (χ2n) is 4.26. The molecule has 1 aliphatic rings. The van der Waals surface area contributed by atoms with E-state index in [0.717, 1.165) is 18.0 Å². The second-order valence-corrected chi connectivity index (χ2v) is 4.26. The first-order valence-electron chi connectivity index (χ1n) is 5.69. The van der Waals surface area contributed by atoms with E-state index < -0.39 is 0 Å². The molecule has 1 atom stereocenters. The summed E-state index contributed by atoms with van der Waals surface area (Å²) in [4.78, 5) is 10.9. The van der Waals surface area contributed by atoms with Gasteiger partial charge in [0.1, 0.15) is 5.82 Å². The van der Waals surface area contributed by atoms with E-state index in [4.69, 9.17) is 10.5 Å². The molecule has 3 heterocycles. The van der Waals surface area contributed by atoms with Gasteiger partial charge in [-0.1, -0.05) is 0 Å². The lowest BCUT2D eigenvalue weighted by Gasteiger charge is -2.34. The van der Waals surface area contributed by atoms with Gasteiger partial charge in [-0.2, -0.15) is 0 Å². The smallest absolute Gasteiger partial charge is 0.180 e. The summed E-state index contributed by atoms with van der Waals surface area (Å²) >= 11 is 0. The molecule has 90 valence electrons. The highest BCUT2D eigenvalue weighted by molar-refractivity contribution is 5.66. The third-order valence-corrected chi connectivity index (χ3v) is 3.01. The highest BCUT2D eigenvalue weighted by Gasteiger charge is 2.23. The Balaban J connectivity index is 2.11. The quantitative estimate of drug-likeness (QED) is 0.778. The van der Waals surface area contributed by atoms with Crippen molar-refractivity contribution in [3.63, 3.8) is 0 Å². The molecule has 2 aromatic heterocycles. The van der Waals surface area contributed by atoms with Crippen LogP contribution >= 0.6 is 0 Å². The Labute approximate surface area is 99.0 Å². The van der Waals surface area contributed by atoms with Crippen molar-refractivity contribution in [1.29, 1.82) is 0 Å². The Morgan fingerprint density at radius 3 is 3.24 bits per heavy atom. The van der Waals surface area contributed by atoms with E-state index >= 15 is 0 Å². The van der Waals surface area contributed by atoms with Crippen molar-refractivity contribution < 1.29 is 4.74 Å². The van der Waals surface area contributed by atoms with Crippen LogP contribution in [0, 0.1) is 0 Å². The highest BCUT2D eigenvalue weighted by atomic mass is 16.5. The predicted octanol–water partition coefficient (Wildman–Crippen LogP) is 0.537. The normalized spacial score (nSPS) is 21.0. The van der Waals surface area contributed by atoms with Crippen LogP contribution in [-0.2, 0) is 4.74 Å². The number of nitrogens with zero attached hydrogens (tertiary/aromatic N) is 4. The minimum absolute atomic E-state index is 0.290. The Morgan fingerprint density at radius 2 is 2.41 bits per heavy atom. The summed E-state index contributed by atoms with van der Waals surface area (Å²) in [6.45, 7) is 4.36. The third kappa shape index (κ3) is 1.70. The van der Waals surface area contributed by atoms with Crippen molar-refractivity contribution in [2.24, 2.45) is 0 Å². The summed E-state index contributed by atoms with van der Waals surface area (Å²) in [7, 11) is 0. The lowest BCUT2D eigenvalue weighted by molar-refractivity contribution is 0.0986. The number of fused-ring (bicyclic) bond motifs is 1. The van der Waals surface area contributed by atoms with Crippen LogP contribution in [0.5, 0.6) is 0 Å². The van der Waals surface area contributed by atoms with Crippen molar-refractivity contribution in [1.82, 2.24) is 14.4 Å². The molecule has 1 unspecified atom stereocenters. The van der Waals surface area contributed by atoms with E-state index in [2.05, 4.69) is 21.8 Å². The molecular formula is C11H15N5O. The van der Waals surface area contributed by atoms with Gasteiger partial charge in [0.25, 0.3) is 0 Å². The Bertz CT molecular complexity index is 538. The minimum Gasteiger partial charge on any atom is -0.382 e. The zero-order valence-electron chi connectivity index (χ0n) is 9.71. The summed E-state index contributed by atoms with van der Waals surface area (Å²) in [5.41, 5.74) is 6.66. The second kappa shape index (κ2) is 3.89. The number of anilines is 2. The van der Waals surface area contributed by atoms with Crippen LogP contribution in [0.25, 0.3) is 5.65 Å². The molecule has 0 radical (unpaired) electrons. The minimum atomic E-state index is 0.290. The number of hydrogen-bond acceptors (Lipinski definition) is 5. The van der Waals surface area contributed by atoms with Crippen molar-refractivity contribution >= 4 is 17.3 Å². The van der Waals surface area contributed by atoms with Gasteiger partial charge in [0.2, 0.25) is 0 Å². The van der Waals surface area contributed by atoms with Crippen LogP contribution in [0.4, 0.5) is 11.6 Å². The maximum absolute atomic E-state index is 5.82. The molecule has 6 nitrogen and oxygen atoms in total. The van der Waals surface area contributed by atoms with E-state index in [0.29, 0.717) is 25.1 Å². The first kappa shape index (κ1) is 10.3. The van der Waals surface area contributed by atoms with E-state index in [1.54, 1.807) is 12.4 Å². The molecule has 1 saturated heterocycles. The molecule has 0 spiro atoms. The fourth-order valence-electron chi connectivity index (χ4n) is 2.17. The van der Waals surface area contributed by atoms with E-state index in [9.17, 15) is 0 Å². The average molecular weight is 233 g/mol. The first-order chi connectivity index (χ1) is 8.25. The zero-order valence-corrected chi connectivity index (χ0v) is 9.71. The van der Waals surface area contributed by atoms with Crippen LogP contribution in [0.15, 0.2) is 18.6 Å². The monoisotopic (exact) mass is 233 g/mol. The molecule has 0 bridgehead atoms. The van der Waals surface area contributed by atoms with Gasteiger partial charge in [0, 0.05) is 18.9 Å². The fraction of sp³-hybridized carbons (Fsp3) is 0.455. The Kier molecular flexibility index (Phi) is 2.36. The highest BCUT2D eigenvalue weighted by Crippen LogP contribution is 2.23. The van der Waals surface area contributed by atoms with Gasteiger partial charge in [-0.3, -0.25) is 0 Å². The maximum atomic E-state index is 5.82. The fourth-order valence-corrected chi connectivity index (χ4v) is 2.17. The van der Waals surface area contributed by atoms with Crippen molar-refractivity contribution in [3.8, 4) is 0 Å². The van der Waals surface area contributed by atoms with Gasteiger partial charge in [-0.05, 0) is 6.92 Å². The molecule has 0 aromatic carbocycles. The molecule has 0 amide bonds. The van der Waals surface area contributed by atoms with Crippen LogP contribution in [0.1, 0.15) is 6.92 Å². The van der Waals surface area contributed by atoms with Gasteiger partial charge in [-0.25, -0.2) is 9.97 Å². The topological polar surface area (TPSA) is 68.7 Å². The number of hydrogen-bond donors (Lipinski definition) is 1. The Hall–Kier alpha value is -1.82. The summed E-state index contributed by atoms with van der Waals surface area (Å²) in [5, 5.41) is 0. The number of morpholine rings is 1. The molecule has 6 heteroatoms. The van der Waals surface area contributed by atoms with Crippen molar-refractivity contribution in [2.45, 2.75) is 13.0 Å². The number of aromatic nitrogens is 3. The van der Waals surface area contributed by atoms with E-state index in [1.165, 1.54) is 0 Å². The molecule has 0 aliphatic carbocycles. The number of nitrogen functional groups attached to an aromatic ring is 1. The van der Waals surface area contributed by atoms with Crippen LogP contribution in [0.3, 0.4) is 0 Å². The number of ether oxygens (including phenoxy) is 1. The number of nitrogens with two attached hydrogens (primary N) is 1. The van der Waals surface area contributed by atoms with E-state index in [-0.39, 0.29) is 0 Å². The van der Waals surface area contributed by atoms with Crippen LogP contribution in [-0.4, -0.2) is 40.2 Å². The molecular weight excluding hydrogens is 218 g/mol. The molecule has 0 saturated carbocycles. The summed E-state index contributed by atoms with van der Waals surface area (Å²) in [5.74, 6) is 1.34. The number of rotatable bonds is 1. The maximum Gasteiger partial charge on any atom is 0.180 e. The van der Waals surface area contributed by atoms with Gasteiger partial charge in [0.05, 0.1) is 25.5 Å². The SMILES string of the molecule is CC1COCCN1c1nc(N)cn2ccnc12. The first-order valence-corrected chi connectivity index (χ1v) is 5.69. The van der Waals surface area contributed by atoms with Crippen molar-refractivity contribution in [3.05, 3.63) is 18.6 Å². The molecule has 2 aromatic rings. The lowest BCUT2D eigenvalue weighted by atomic mass is 10.2. The van der Waals surface area contributed by atoms with Crippen LogP contribution in [0.2, 0.25) is 0 Å². The van der Waals surface area contributed by atoms with Gasteiger partial charge in [-0.15, -0.1) is 0 Å². The summed E-state index contributed by atoms with van der Waals surface area (Å²) < 4.78 is 7.33. The Morgan fingerprint density at radius 1 is 1.53 bits per heavy atom. The summed E-state index contributed by atoms with van der Waals surface area (Å²) in [6, 6.07) is 0.290. The molecule has 3 rings (SSSR count). The third-order valence-electron chi connectivity index (χ3n) is 3.01. The largest absolute Gasteiger partial charge is 0.382 e. The standard InChI is InChI=1S/C11H15N5O/c1-8-7-17-5-4-16(8)11-10-13-2-3-15(10)6-9(12)14-11/h2-3,6,8H,4-5,7,12H2,1H3. The zero-order chi connectivity index (χ0) is 11.8. The average Bonchev–Trinajstić information content (AvgIpc) is 2.76. The van der Waals surface area contributed by atoms with Gasteiger partial charge in [0.15, 0.2) is 11.5 Å². The van der Waals surface area contributed by atoms with E-state index in [1.807, 2.05) is 10.6 Å². The van der Waals surface area contributed by atoms with Gasteiger partial charge >= 0.3 is 0 Å². The molecule has 1 aliphatic heterocycles. The summed E-state index contributed by atoms with van der Waals surface area (Å²) in [6.07, 6.45) is 5.41. The molecule has 1 fully saturated rings. The molecule has 17 heavy (non-hydrogen) atoms. The van der Waals surface area contributed by atoms with Crippen LogP contribution < -0.4 is 10.6 Å².